The summed E-state index contributed by atoms with van der Waals surface area (Å²) < 4.78 is 0. The van der Waals surface area contributed by atoms with Crippen molar-refractivity contribution in [2.75, 3.05) is 0 Å². The van der Waals surface area contributed by atoms with Crippen molar-refractivity contribution in [3.05, 3.63) is 131 Å². The molecule has 0 heterocycles. The van der Waals surface area contributed by atoms with Crippen molar-refractivity contribution in [2.45, 2.75) is 0 Å². The molecule has 32 heavy (non-hydrogen) atoms. The zero-order valence-corrected chi connectivity index (χ0v) is 17.2. The molecule has 0 saturated heterocycles. The Balaban J connectivity index is 1.74. The van der Waals surface area contributed by atoms with Gasteiger partial charge < -0.3 is 0 Å². The Bertz CT molecular complexity index is 1510. The van der Waals surface area contributed by atoms with E-state index in [1.165, 1.54) is 0 Å². The average Bonchev–Trinajstić information content (AvgIpc) is 2.87. The molecule has 0 fully saturated rings. The number of carbonyl (C=O) groups excluding carboxylic acids is 2. The number of benzene rings is 6. The van der Waals surface area contributed by atoms with Crippen LogP contribution in [-0.2, 0) is 0 Å². The van der Waals surface area contributed by atoms with Crippen LogP contribution in [-0.4, -0.2) is 11.6 Å². The van der Waals surface area contributed by atoms with Crippen LogP contribution < -0.4 is 0 Å². The maximum atomic E-state index is 13.6. The van der Waals surface area contributed by atoms with E-state index in [-0.39, 0.29) is 11.6 Å². The number of hydrogen-bond acceptors (Lipinski definition) is 2. The van der Waals surface area contributed by atoms with Gasteiger partial charge in [0, 0.05) is 22.3 Å². The average molecular weight is 410 g/mol. The lowest BCUT2D eigenvalue weighted by molar-refractivity contribution is 0.103. The van der Waals surface area contributed by atoms with Crippen LogP contribution in [0.5, 0.6) is 0 Å². The Labute approximate surface area is 185 Å². The van der Waals surface area contributed by atoms with Crippen molar-refractivity contribution >= 4 is 43.9 Å². The van der Waals surface area contributed by atoms with Crippen LogP contribution in [0.4, 0.5) is 0 Å². The van der Waals surface area contributed by atoms with E-state index in [0.717, 1.165) is 32.3 Å². The summed E-state index contributed by atoms with van der Waals surface area (Å²) in [5, 5.41) is 6.02. The standard InChI is InChI=1S/C30H18O2/c31-29(21-8-3-1-4-9-21)25-18-26(30(32)22-10-5-2-6-11-22)24-17-15-20-13-7-12-19-14-16-23(25)28(24)27(19)20/h1-18H. The second-order valence-electron chi connectivity index (χ2n) is 8.04. The lowest BCUT2D eigenvalue weighted by Gasteiger charge is -2.17. The molecule has 0 unspecified atom stereocenters. The molecular formula is C30H18O2. The molecule has 6 rings (SSSR count). The normalized spacial score (nSPS) is 11.4. The molecule has 0 aliphatic heterocycles. The summed E-state index contributed by atoms with van der Waals surface area (Å²) in [5.74, 6) is -0.156. The first-order valence-electron chi connectivity index (χ1n) is 10.6. The molecular weight excluding hydrogens is 392 g/mol. The lowest BCUT2D eigenvalue weighted by atomic mass is 9.85. The molecule has 6 aromatic rings. The zero-order valence-electron chi connectivity index (χ0n) is 17.2. The minimum Gasteiger partial charge on any atom is -0.289 e. The van der Waals surface area contributed by atoms with Crippen molar-refractivity contribution in [3.63, 3.8) is 0 Å². The summed E-state index contributed by atoms with van der Waals surface area (Å²) in [7, 11) is 0. The Kier molecular flexibility index (Phi) is 4.12. The molecule has 0 N–H and O–H groups in total. The van der Waals surface area contributed by atoms with E-state index in [0.29, 0.717) is 22.3 Å². The summed E-state index contributed by atoms with van der Waals surface area (Å²) >= 11 is 0. The van der Waals surface area contributed by atoms with E-state index < -0.39 is 0 Å². The highest BCUT2D eigenvalue weighted by atomic mass is 16.1. The second-order valence-corrected chi connectivity index (χ2v) is 8.04. The van der Waals surface area contributed by atoms with Gasteiger partial charge in [-0.05, 0) is 38.4 Å². The van der Waals surface area contributed by atoms with Crippen LogP contribution in [0.2, 0.25) is 0 Å². The SMILES string of the molecule is O=C(c1ccccc1)c1cc(C(=O)c2ccccc2)c2ccc3cccc4ccc1c2c43. The van der Waals surface area contributed by atoms with Crippen LogP contribution in [0, 0.1) is 0 Å². The molecule has 150 valence electrons. The third kappa shape index (κ3) is 2.74. The van der Waals surface area contributed by atoms with Gasteiger partial charge in [-0.1, -0.05) is 103 Å². The van der Waals surface area contributed by atoms with Crippen LogP contribution in [0.3, 0.4) is 0 Å². The molecule has 0 spiro atoms. The van der Waals surface area contributed by atoms with Gasteiger partial charge in [-0.3, -0.25) is 9.59 Å². The van der Waals surface area contributed by atoms with Crippen LogP contribution in [0.15, 0.2) is 109 Å². The molecule has 0 amide bonds. The van der Waals surface area contributed by atoms with Crippen LogP contribution in [0.25, 0.3) is 32.3 Å². The quantitative estimate of drug-likeness (QED) is 0.231. The van der Waals surface area contributed by atoms with E-state index >= 15 is 0 Å². The molecule has 0 aliphatic rings. The predicted octanol–water partition coefficient (Wildman–Crippen LogP) is 7.05. The summed E-state index contributed by atoms with van der Waals surface area (Å²) in [6.45, 7) is 0. The highest BCUT2D eigenvalue weighted by Gasteiger charge is 2.22. The second kappa shape index (κ2) is 7.14. The van der Waals surface area contributed by atoms with Gasteiger partial charge in [-0.2, -0.15) is 0 Å². The van der Waals surface area contributed by atoms with Gasteiger partial charge in [-0.25, -0.2) is 0 Å². The Hall–Kier alpha value is -4.30. The summed E-state index contributed by atoms with van der Waals surface area (Å²) in [6, 6.07) is 34.6. The summed E-state index contributed by atoms with van der Waals surface area (Å²) in [4.78, 5) is 27.2. The molecule has 6 aromatic carbocycles. The van der Waals surface area contributed by atoms with Gasteiger partial charge in [0.15, 0.2) is 11.6 Å². The van der Waals surface area contributed by atoms with E-state index in [2.05, 4.69) is 24.3 Å². The first kappa shape index (κ1) is 18.5. The first-order chi connectivity index (χ1) is 15.7. The van der Waals surface area contributed by atoms with Gasteiger partial charge >= 0.3 is 0 Å². The van der Waals surface area contributed by atoms with Gasteiger partial charge in [0.25, 0.3) is 0 Å². The minimum absolute atomic E-state index is 0.0781. The number of ketones is 2. The van der Waals surface area contributed by atoms with Crippen molar-refractivity contribution in [1.82, 2.24) is 0 Å². The smallest absolute Gasteiger partial charge is 0.193 e. The van der Waals surface area contributed by atoms with Crippen molar-refractivity contribution < 1.29 is 9.59 Å². The molecule has 0 aliphatic carbocycles. The van der Waals surface area contributed by atoms with Gasteiger partial charge in [0.05, 0.1) is 0 Å². The largest absolute Gasteiger partial charge is 0.289 e. The summed E-state index contributed by atoms with van der Waals surface area (Å²) in [5.41, 5.74) is 2.34. The fourth-order valence-electron chi connectivity index (χ4n) is 4.70. The van der Waals surface area contributed by atoms with E-state index in [1.54, 1.807) is 6.07 Å². The lowest BCUT2D eigenvalue weighted by Crippen LogP contribution is -2.08. The molecule has 0 aromatic heterocycles. The molecule has 2 heteroatoms. The predicted molar refractivity (Wildman–Crippen MR) is 130 cm³/mol. The van der Waals surface area contributed by atoms with Crippen LogP contribution >= 0.6 is 0 Å². The highest BCUT2D eigenvalue weighted by Crippen LogP contribution is 2.39. The van der Waals surface area contributed by atoms with Crippen molar-refractivity contribution in [3.8, 4) is 0 Å². The number of rotatable bonds is 4. The van der Waals surface area contributed by atoms with Gasteiger partial charge in [-0.15, -0.1) is 0 Å². The molecule has 0 atom stereocenters. The molecule has 0 radical (unpaired) electrons. The van der Waals surface area contributed by atoms with Gasteiger partial charge in [0.1, 0.15) is 0 Å². The third-order valence-electron chi connectivity index (χ3n) is 6.21. The van der Waals surface area contributed by atoms with Crippen LogP contribution in [0.1, 0.15) is 31.8 Å². The fraction of sp³-hybridized carbons (Fsp3) is 0. The fourth-order valence-corrected chi connectivity index (χ4v) is 4.70. The maximum absolute atomic E-state index is 13.6. The van der Waals surface area contributed by atoms with E-state index in [1.807, 2.05) is 78.9 Å². The Morgan fingerprint density at radius 2 is 0.906 bits per heavy atom. The van der Waals surface area contributed by atoms with E-state index in [4.69, 9.17) is 0 Å². The third-order valence-corrected chi connectivity index (χ3v) is 6.21. The number of carbonyl (C=O) groups is 2. The molecule has 0 saturated carbocycles. The molecule has 2 nitrogen and oxygen atoms in total. The van der Waals surface area contributed by atoms with Gasteiger partial charge in [0.2, 0.25) is 0 Å². The Morgan fingerprint density at radius 3 is 1.38 bits per heavy atom. The zero-order chi connectivity index (χ0) is 21.7. The van der Waals surface area contributed by atoms with Crippen molar-refractivity contribution in [1.29, 1.82) is 0 Å². The maximum Gasteiger partial charge on any atom is 0.193 e. The van der Waals surface area contributed by atoms with Crippen molar-refractivity contribution in [2.24, 2.45) is 0 Å². The minimum atomic E-state index is -0.0781. The van der Waals surface area contributed by atoms with E-state index in [9.17, 15) is 9.59 Å². The topological polar surface area (TPSA) is 34.1 Å². The Morgan fingerprint density at radius 1 is 0.438 bits per heavy atom. The monoisotopic (exact) mass is 410 g/mol. The first-order valence-corrected chi connectivity index (χ1v) is 10.6. The summed E-state index contributed by atoms with van der Waals surface area (Å²) in [6.07, 6.45) is 0. The highest BCUT2D eigenvalue weighted by molar-refractivity contribution is 6.32. The number of hydrogen-bond donors (Lipinski definition) is 0. The molecule has 0 bridgehead atoms.